The Balaban J connectivity index is 2.02. The lowest BCUT2D eigenvalue weighted by atomic mass is 9.74. The molecule has 0 aliphatic carbocycles. The fourth-order valence-corrected chi connectivity index (χ4v) is 6.61. The Morgan fingerprint density at radius 2 is 1.72 bits per heavy atom. The lowest BCUT2D eigenvalue weighted by molar-refractivity contribution is -0.374. The zero-order valence-corrected chi connectivity index (χ0v) is 28.5. The summed E-state index contributed by atoms with van der Waals surface area (Å²) in [7, 11) is 0. The van der Waals surface area contributed by atoms with Gasteiger partial charge in [0.2, 0.25) is 23.1 Å². The summed E-state index contributed by atoms with van der Waals surface area (Å²) in [6.45, 7) is 12.5. The molecule has 2 bridgehead atoms. The number of rotatable bonds is 17. The summed E-state index contributed by atoms with van der Waals surface area (Å²) in [5.74, 6) is -12.4. The van der Waals surface area contributed by atoms with E-state index in [1.54, 1.807) is 19.1 Å². The van der Waals surface area contributed by atoms with E-state index in [0.717, 1.165) is 19.4 Å². The van der Waals surface area contributed by atoms with Crippen LogP contribution in [0.2, 0.25) is 0 Å². The third-order valence-corrected chi connectivity index (χ3v) is 9.38. The topological polar surface area (TPSA) is 223 Å². The van der Waals surface area contributed by atoms with E-state index in [1.165, 1.54) is 18.2 Å². The summed E-state index contributed by atoms with van der Waals surface area (Å²) in [4.78, 5) is 62.9. The number of carbonyl (C=O) groups excluding carboxylic acids is 2. The quantitative estimate of drug-likeness (QED) is 0.0892. The molecule has 50 heavy (non-hydrogen) atoms. The number of fused-ring (bicyclic) bond motifs is 2. The Labute approximate surface area is 288 Å². The van der Waals surface area contributed by atoms with Crippen LogP contribution in [-0.2, 0) is 49.3 Å². The Hall–Kier alpha value is -4.18. The second-order valence-electron chi connectivity index (χ2n) is 13.2. The lowest BCUT2D eigenvalue weighted by Crippen LogP contribution is -2.78. The van der Waals surface area contributed by atoms with Gasteiger partial charge in [0.1, 0.15) is 18.0 Å². The number of halogens is 1. The van der Waals surface area contributed by atoms with E-state index < -0.39 is 89.4 Å². The molecule has 2 aliphatic rings. The molecule has 2 heterocycles. The number of carbonyl (C=O) groups is 5. The van der Waals surface area contributed by atoms with Gasteiger partial charge in [0, 0.05) is 25.3 Å². The minimum absolute atomic E-state index is 0.0841. The molecule has 276 valence electrons. The second-order valence-corrected chi connectivity index (χ2v) is 13.2. The standard InChI is InChI=1S/C35H45FO14/c1-7-18(2)16-19(3)12-13-25(38)48-28-27(39)33(49-29(30(40)41)34(46,31(42)43)35(28,50-33)32(44)45)15-14-20(4)26(47-22(6)37)21(5)17-23-10-8-9-11-24(23)36/h8-13,18-19,21,26-29,39,46H,4,7,14-17H2,1-3,5-6H3,(H,40,41)(H,42,43)(H,44,45)/t18-,19+,21+,26+,27+,28+,29+,33-,34+,35-/m0/s1. The third kappa shape index (κ3) is 7.75. The summed E-state index contributed by atoms with van der Waals surface area (Å²) in [6.07, 6.45) is -5.76. The predicted molar refractivity (Wildman–Crippen MR) is 171 cm³/mol. The molecule has 3 rings (SSSR count). The normalized spacial score (nSPS) is 29.8. The first-order valence-electron chi connectivity index (χ1n) is 16.2. The number of aliphatic hydroxyl groups is 2. The van der Waals surface area contributed by atoms with Gasteiger partial charge in [-0.15, -0.1) is 0 Å². The van der Waals surface area contributed by atoms with Gasteiger partial charge in [-0.05, 0) is 48.3 Å². The van der Waals surface area contributed by atoms with E-state index in [1.807, 2.05) is 20.8 Å². The van der Waals surface area contributed by atoms with Crippen molar-refractivity contribution < 1.29 is 72.8 Å². The maximum atomic E-state index is 14.4. The van der Waals surface area contributed by atoms with E-state index in [4.69, 9.17) is 18.9 Å². The number of allylic oxidation sites excluding steroid dienone is 1. The van der Waals surface area contributed by atoms with Crippen LogP contribution in [-0.4, -0.2) is 96.8 Å². The zero-order chi connectivity index (χ0) is 37.8. The van der Waals surface area contributed by atoms with Crippen LogP contribution in [0.4, 0.5) is 4.39 Å². The Morgan fingerprint density at radius 1 is 1.08 bits per heavy atom. The number of aliphatic carboxylic acids is 3. The van der Waals surface area contributed by atoms with Crippen LogP contribution < -0.4 is 0 Å². The molecule has 1 aromatic carbocycles. The van der Waals surface area contributed by atoms with Gasteiger partial charge in [0.15, 0.2) is 6.10 Å². The molecule has 0 radical (unpaired) electrons. The first-order chi connectivity index (χ1) is 23.3. The average Bonchev–Trinajstić information content (AvgIpc) is 3.25. The van der Waals surface area contributed by atoms with Crippen LogP contribution in [0.25, 0.3) is 0 Å². The van der Waals surface area contributed by atoms with Gasteiger partial charge < -0.3 is 44.5 Å². The molecule has 1 aromatic rings. The molecule has 5 N–H and O–H groups in total. The minimum Gasteiger partial charge on any atom is -0.479 e. The molecular weight excluding hydrogens is 663 g/mol. The highest BCUT2D eigenvalue weighted by Gasteiger charge is 2.85. The molecule has 2 fully saturated rings. The van der Waals surface area contributed by atoms with Crippen molar-refractivity contribution >= 4 is 29.8 Å². The van der Waals surface area contributed by atoms with E-state index in [9.17, 15) is 53.9 Å². The summed E-state index contributed by atoms with van der Waals surface area (Å²) in [5, 5.41) is 53.5. The molecule has 0 amide bonds. The first kappa shape index (κ1) is 40.3. The number of ether oxygens (including phenoxy) is 4. The van der Waals surface area contributed by atoms with Gasteiger partial charge in [-0.2, -0.15) is 0 Å². The number of carboxylic acid groups (broad SMARTS) is 3. The van der Waals surface area contributed by atoms with Gasteiger partial charge in [0.05, 0.1) is 0 Å². The monoisotopic (exact) mass is 708 g/mol. The fourth-order valence-electron chi connectivity index (χ4n) is 6.61. The van der Waals surface area contributed by atoms with Crippen LogP contribution in [0.3, 0.4) is 0 Å². The minimum atomic E-state index is -3.93. The smallest absolute Gasteiger partial charge is 0.344 e. The van der Waals surface area contributed by atoms with Crippen molar-refractivity contribution in [2.45, 2.75) is 108 Å². The fraction of sp³-hybridized carbons (Fsp3) is 0.571. The highest BCUT2D eigenvalue weighted by atomic mass is 19.1. The maximum absolute atomic E-state index is 14.4. The molecule has 10 atom stereocenters. The van der Waals surface area contributed by atoms with Crippen molar-refractivity contribution in [3.63, 3.8) is 0 Å². The summed E-state index contributed by atoms with van der Waals surface area (Å²) < 4.78 is 36.3. The Morgan fingerprint density at radius 3 is 2.26 bits per heavy atom. The average molecular weight is 709 g/mol. The van der Waals surface area contributed by atoms with Crippen molar-refractivity contribution in [3.8, 4) is 0 Å². The van der Waals surface area contributed by atoms with E-state index in [-0.39, 0.29) is 24.3 Å². The van der Waals surface area contributed by atoms with Gasteiger partial charge in [-0.25, -0.2) is 23.6 Å². The largest absolute Gasteiger partial charge is 0.479 e. The number of hydrogen-bond acceptors (Lipinski definition) is 11. The first-order valence-corrected chi connectivity index (χ1v) is 16.2. The Kier molecular flexibility index (Phi) is 12.7. The van der Waals surface area contributed by atoms with Crippen molar-refractivity contribution in [2.24, 2.45) is 17.8 Å². The number of esters is 2. The molecule has 2 aliphatic heterocycles. The zero-order valence-electron chi connectivity index (χ0n) is 28.5. The second kappa shape index (κ2) is 15.8. The SMILES string of the molecule is C=C(CC[C@]12O[C@H](C(=O)O)[C@@](O)(C(=O)O)[C@](C(=O)O)(O1)[C@H](OC(=O)C=C[C@@H](C)C[C@@H](C)CC)[C@H]2O)[C@@H](OC(C)=O)[C@H](C)Cc1ccccc1F. The lowest BCUT2D eigenvalue weighted by Gasteiger charge is -2.48. The molecular formula is C35H45FO14. The molecule has 0 spiro atoms. The highest BCUT2D eigenvalue weighted by molar-refractivity contribution is 5.98. The van der Waals surface area contributed by atoms with Crippen molar-refractivity contribution in [3.05, 3.63) is 60.0 Å². The molecule has 14 nitrogen and oxygen atoms in total. The summed E-state index contributed by atoms with van der Waals surface area (Å²) in [6, 6.07) is 5.93. The van der Waals surface area contributed by atoms with E-state index in [2.05, 4.69) is 6.58 Å². The third-order valence-electron chi connectivity index (χ3n) is 9.38. The molecule has 0 aromatic heterocycles. The number of aliphatic hydroxyl groups excluding tert-OH is 1. The van der Waals surface area contributed by atoms with Gasteiger partial charge in [0.25, 0.3) is 0 Å². The molecule has 15 heteroatoms. The predicted octanol–water partition coefficient (Wildman–Crippen LogP) is 3.02. The van der Waals surface area contributed by atoms with Gasteiger partial charge >= 0.3 is 29.8 Å². The summed E-state index contributed by atoms with van der Waals surface area (Å²) in [5.41, 5.74) is -7.09. The van der Waals surface area contributed by atoms with Crippen LogP contribution in [0, 0.1) is 23.6 Å². The highest BCUT2D eigenvalue weighted by Crippen LogP contribution is 2.56. The van der Waals surface area contributed by atoms with Crippen LogP contribution >= 0.6 is 0 Å². The maximum Gasteiger partial charge on any atom is 0.344 e. The molecule has 2 saturated heterocycles. The summed E-state index contributed by atoms with van der Waals surface area (Å²) >= 11 is 0. The Bertz CT molecular complexity index is 1510. The van der Waals surface area contributed by atoms with Gasteiger partial charge in [-0.3, -0.25) is 4.79 Å². The number of carboxylic acids is 3. The van der Waals surface area contributed by atoms with Crippen LogP contribution in [0.15, 0.2) is 48.6 Å². The number of benzene rings is 1. The van der Waals surface area contributed by atoms with Crippen molar-refractivity contribution in [1.82, 2.24) is 0 Å². The van der Waals surface area contributed by atoms with E-state index in [0.29, 0.717) is 17.9 Å². The molecule has 0 unspecified atom stereocenters. The number of hydrogen-bond donors (Lipinski definition) is 5. The van der Waals surface area contributed by atoms with Crippen LogP contribution in [0.1, 0.15) is 65.9 Å². The van der Waals surface area contributed by atoms with Gasteiger partial charge in [-0.1, -0.05) is 65.0 Å². The van der Waals surface area contributed by atoms with Crippen molar-refractivity contribution in [2.75, 3.05) is 0 Å². The van der Waals surface area contributed by atoms with E-state index >= 15 is 0 Å². The van der Waals surface area contributed by atoms with Crippen LogP contribution in [0.5, 0.6) is 0 Å². The molecule has 0 saturated carbocycles. The van der Waals surface area contributed by atoms with Crippen molar-refractivity contribution in [1.29, 1.82) is 0 Å².